The molecular weight excluding hydrogens is 306 g/mol. The highest BCUT2D eigenvalue weighted by molar-refractivity contribution is 7.89. The van der Waals surface area contributed by atoms with Gasteiger partial charge in [-0.2, -0.15) is 4.31 Å². The minimum absolute atomic E-state index is 0.00943. The maximum Gasteiger partial charge on any atom is 0.245 e. The molecule has 0 aromatic carbocycles. The first-order valence-electron chi connectivity index (χ1n) is 5.53. The minimum atomic E-state index is -3.69. The summed E-state index contributed by atoms with van der Waals surface area (Å²) in [5.41, 5.74) is 5.60. The summed E-state index contributed by atoms with van der Waals surface area (Å²) < 4.78 is 37.6. The van der Waals surface area contributed by atoms with E-state index in [1.54, 1.807) is 0 Å². The number of hydrogen-bond acceptors (Lipinski definition) is 5. The van der Waals surface area contributed by atoms with E-state index in [4.69, 9.17) is 18.0 Å². The normalized spacial score (nSPS) is 18.3. The highest BCUT2D eigenvalue weighted by Gasteiger charge is 2.30. The van der Waals surface area contributed by atoms with Crippen molar-refractivity contribution in [2.24, 2.45) is 5.73 Å². The Morgan fingerprint density at radius 3 is 2.63 bits per heavy atom. The zero-order chi connectivity index (χ0) is 14.0. The first kappa shape index (κ1) is 14.5. The average Bonchev–Trinajstić information content (AvgIpc) is 2.39. The Hall–Kier alpha value is -0.900. The number of rotatable bonds is 3. The topological polar surface area (TPSA) is 93.4 Å². The summed E-state index contributed by atoms with van der Waals surface area (Å²) in [7, 11) is -4.63. The van der Waals surface area contributed by atoms with Crippen molar-refractivity contribution in [3.05, 3.63) is 24.0 Å². The van der Waals surface area contributed by atoms with E-state index in [-0.39, 0.29) is 28.7 Å². The Morgan fingerprint density at radius 2 is 2.05 bits per heavy atom. The Balaban J connectivity index is 2.40. The fourth-order valence-electron chi connectivity index (χ4n) is 1.78. The van der Waals surface area contributed by atoms with Crippen LogP contribution in [0.15, 0.2) is 23.2 Å². The second-order valence-corrected chi connectivity index (χ2v) is 8.01. The number of thiocarbonyl (C=S) groups is 1. The molecule has 6 nitrogen and oxygen atoms in total. The molecule has 9 heteroatoms. The first-order valence-corrected chi connectivity index (χ1v) is 8.86. The molecule has 2 heterocycles. The largest absolute Gasteiger partial charge is 0.388 e. The van der Waals surface area contributed by atoms with Crippen LogP contribution in [0.25, 0.3) is 0 Å². The summed E-state index contributed by atoms with van der Waals surface area (Å²) >= 11 is 4.82. The van der Waals surface area contributed by atoms with Crippen molar-refractivity contribution >= 4 is 38.0 Å². The second-order valence-electron chi connectivity index (χ2n) is 3.97. The van der Waals surface area contributed by atoms with Crippen LogP contribution in [-0.4, -0.2) is 51.5 Å². The lowest BCUT2D eigenvalue weighted by Gasteiger charge is -2.26. The Morgan fingerprint density at radius 1 is 1.42 bits per heavy atom. The summed E-state index contributed by atoms with van der Waals surface area (Å²) in [5, 5.41) is 0. The van der Waals surface area contributed by atoms with Crippen molar-refractivity contribution in [2.45, 2.75) is 4.90 Å². The molecule has 1 fully saturated rings. The van der Waals surface area contributed by atoms with Gasteiger partial charge in [0.2, 0.25) is 10.0 Å². The Labute approximate surface area is 119 Å². The molecule has 1 aliphatic heterocycles. The molecule has 0 bridgehead atoms. The third-order valence-corrected chi connectivity index (χ3v) is 6.16. The van der Waals surface area contributed by atoms with Gasteiger partial charge in [-0.05, 0) is 12.1 Å². The van der Waals surface area contributed by atoms with Crippen LogP contribution in [0.1, 0.15) is 5.69 Å². The summed E-state index contributed by atoms with van der Waals surface area (Å²) in [4.78, 5) is 3.88. The Bertz CT molecular complexity index is 620. The predicted octanol–water partition coefficient (Wildman–Crippen LogP) is -0.531. The van der Waals surface area contributed by atoms with Crippen LogP contribution in [0.2, 0.25) is 0 Å². The lowest BCUT2D eigenvalue weighted by Crippen LogP contribution is -2.42. The van der Waals surface area contributed by atoms with Crippen molar-refractivity contribution in [2.75, 3.05) is 24.6 Å². The van der Waals surface area contributed by atoms with Crippen molar-refractivity contribution in [1.29, 1.82) is 0 Å². The molecule has 0 aliphatic carbocycles. The van der Waals surface area contributed by atoms with Gasteiger partial charge in [-0.1, -0.05) is 12.2 Å². The third-order valence-electron chi connectivity index (χ3n) is 2.76. The Kier molecular flexibility index (Phi) is 4.29. The molecule has 1 aliphatic rings. The van der Waals surface area contributed by atoms with E-state index < -0.39 is 20.8 Å². The van der Waals surface area contributed by atoms with E-state index in [2.05, 4.69) is 4.98 Å². The number of aromatic nitrogens is 1. The predicted molar refractivity (Wildman–Crippen MR) is 76.8 cm³/mol. The van der Waals surface area contributed by atoms with Gasteiger partial charge in [-0.15, -0.1) is 0 Å². The van der Waals surface area contributed by atoms with Crippen LogP contribution in [0.5, 0.6) is 0 Å². The summed E-state index contributed by atoms with van der Waals surface area (Å²) in [6, 6.07) is 2.96. The molecule has 19 heavy (non-hydrogen) atoms. The number of nitrogens with zero attached hydrogens (tertiary/aromatic N) is 2. The van der Waals surface area contributed by atoms with Gasteiger partial charge in [0.05, 0.1) is 0 Å². The molecule has 0 spiro atoms. The highest BCUT2D eigenvalue weighted by Crippen LogP contribution is 2.20. The van der Waals surface area contributed by atoms with Gasteiger partial charge < -0.3 is 5.73 Å². The molecule has 2 N–H and O–H groups in total. The summed E-state index contributed by atoms with van der Waals surface area (Å²) in [6.07, 6.45) is 1.44. The SMILES string of the molecule is NC(=S)c1ncccc1S(=O)(=O)N1CCS(=O)CC1. The van der Waals surface area contributed by atoms with E-state index in [1.807, 2.05) is 0 Å². The van der Waals surface area contributed by atoms with Crippen molar-refractivity contribution in [3.8, 4) is 0 Å². The highest BCUT2D eigenvalue weighted by atomic mass is 32.2. The van der Waals surface area contributed by atoms with Gasteiger partial charge >= 0.3 is 0 Å². The zero-order valence-electron chi connectivity index (χ0n) is 9.98. The number of hydrogen-bond donors (Lipinski definition) is 1. The lowest BCUT2D eigenvalue weighted by atomic mass is 10.3. The van der Waals surface area contributed by atoms with Gasteiger partial charge in [0.15, 0.2) is 0 Å². The molecule has 0 saturated carbocycles. The molecule has 0 unspecified atom stereocenters. The lowest BCUT2D eigenvalue weighted by molar-refractivity contribution is 0.438. The van der Waals surface area contributed by atoms with Gasteiger partial charge in [-0.3, -0.25) is 9.19 Å². The third kappa shape index (κ3) is 2.99. The van der Waals surface area contributed by atoms with Crippen molar-refractivity contribution in [1.82, 2.24) is 9.29 Å². The van der Waals surface area contributed by atoms with E-state index >= 15 is 0 Å². The average molecular weight is 319 g/mol. The van der Waals surface area contributed by atoms with Crippen LogP contribution in [0.4, 0.5) is 0 Å². The molecule has 2 rings (SSSR count). The molecule has 104 valence electrons. The minimum Gasteiger partial charge on any atom is -0.388 e. The van der Waals surface area contributed by atoms with E-state index in [0.29, 0.717) is 11.5 Å². The van der Waals surface area contributed by atoms with E-state index in [0.717, 1.165) is 0 Å². The van der Waals surface area contributed by atoms with Gasteiger partial charge in [0.25, 0.3) is 0 Å². The first-order chi connectivity index (χ1) is 8.93. The zero-order valence-corrected chi connectivity index (χ0v) is 12.4. The van der Waals surface area contributed by atoms with Crippen LogP contribution >= 0.6 is 12.2 Å². The second kappa shape index (κ2) is 5.61. The van der Waals surface area contributed by atoms with Gasteiger partial charge in [0.1, 0.15) is 15.6 Å². The standard InChI is InChI=1S/C10H13N3O3S3/c11-10(17)9-8(2-1-3-12-9)19(15,16)13-4-6-18(14)7-5-13/h1-3H,4-7H2,(H2,11,17). The van der Waals surface area contributed by atoms with Gasteiger partial charge in [0, 0.05) is 41.6 Å². The molecule has 1 aromatic heterocycles. The van der Waals surface area contributed by atoms with Crippen molar-refractivity contribution < 1.29 is 12.6 Å². The number of pyridine rings is 1. The van der Waals surface area contributed by atoms with Gasteiger partial charge in [-0.25, -0.2) is 8.42 Å². The fraction of sp³-hybridized carbons (Fsp3) is 0.400. The summed E-state index contributed by atoms with van der Waals surface area (Å²) in [5.74, 6) is 0.698. The molecular formula is C10H13N3O3S3. The van der Waals surface area contributed by atoms with Crippen LogP contribution in [-0.2, 0) is 20.8 Å². The van der Waals surface area contributed by atoms with Crippen LogP contribution < -0.4 is 5.73 Å². The molecule has 0 atom stereocenters. The molecule has 0 radical (unpaired) electrons. The maximum absolute atomic E-state index is 12.5. The summed E-state index contributed by atoms with van der Waals surface area (Å²) in [6.45, 7) is 0.473. The van der Waals surface area contributed by atoms with Crippen LogP contribution in [0, 0.1) is 0 Å². The smallest absolute Gasteiger partial charge is 0.245 e. The fourth-order valence-corrected chi connectivity index (χ4v) is 4.89. The number of sulfonamides is 1. The number of nitrogens with two attached hydrogens (primary N) is 1. The van der Waals surface area contributed by atoms with E-state index in [9.17, 15) is 12.6 Å². The van der Waals surface area contributed by atoms with E-state index in [1.165, 1.54) is 22.6 Å². The molecule has 1 aromatic rings. The monoisotopic (exact) mass is 319 g/mol. The molecule has 1 saturated heterocycles. The maximum atomic E-state index is 12.5. The van der Waals surface area contributed by atoms with Crippen molar-refractivity contribution in [3.63, 3.8) is 0 Å². The quantitative estimate of drug-likeness (QED) is 0.753. The molecule has 0 amide bonds. The van der Waals surface area contributed by atoms with Crippen LogP contribution in [0.3, 0.4) is 0 Å².